The summed E-state index contributed by atoms with van der Waals surface area (Å²) in [5.41, 5.74) is 2.79. The van der Waals surface area contributed by atoms with Crippen molar-refractivity contribution in [1.29, 1.82) is 0 Å². The van der Waals surface area contributed by atoms with Crippen LogP contribution >= 0.6 is 0 Å². The van der Waals surface area contributed by atoms with Crippen molar-refractivity contribution in [3.05, 3.63) is 53.2 Å². The lowest BCUT2D eigenvalue weighted by molar-refractivity contribution is -0.124. The van der Waals surface area contributed by atoms with Crippen molar-refractivity contribution in [3.63, 3.8) is 0 Å². The van der Waals surface area contributed by atoms with Gasteiger partial charge in [0.1, 0.15) is 0 Å². The lowest BCUT2D eigenvalue weighted by Gasteiger charge is -2.23. The van der Waals surface area contributed by atoms with Crippen LogP contribution in [0.3, 0.4) is 0 Å². The Kier molecular flexibility index (Phi) is 5.08. The Bertz CT molecular complexity index is 1210. The SMILES string of the molecule is CC(C)C(Nc1nc(NC2CC2)n2ncc(/C=C3\CC(=O)NC3=O)c2n1)c1ccccc1. The summed E-state index contributed by atoms with van der Waals surface area (Å²) in [6.07, 6.45) is 5.56. The summed E-state index contributed by atoms with van der Waals surface area (Å²) in [7, 11) is 0. The maximum Gasteiger partial charge on any atom is 0.254 e. The van der Waals surface area contributed by atoms with Gasteiger partial charge in [-0.2, -0.15) is 19.6 Å². The van der Waals surface area contributed by atoms with Gasteiger partial charge in [0.15, 0.2) is 5.65 Å². The molecule has 9 heteroatoms. The average molecular weight is 432 g/mol. The third-order valence-electron chi connectivity index (χ3n) is 5.64. The molecule has 0 radical (unpaired) electrons. The van der Waals surface area contributed by atoms with Crippen LogP contribution in [0, 0.1) is 5.92 Å². The molecular formula is C23H25N7O2. The van der Waals surface area contributed by atoms with E-state index in [1.165, 1.54) is 0 Å². The zero-order valence-electron chi connectivity index (χ0n) is 18.0. The number of fused-ring (bicyclic) bond motifs is 1. The fraction of sp³-hybridized carbons (Fsp3) is 0.348. The second-order valence-corrected chi connectivity index (χ2v) is 8.63. The lowest BCUT2D eigenvalue weighted by atomic mass is 9.96. The number of nitrogens with zero attached hydrogens (tertiary/aromatic N) is 4. The fourth-order valence-electron chi connectivity index (χ4n) is 3.81. The number of hydrogen-bond donors (Lipinski definition) is 3. The second-order valence-electron chi connectivity index (χ2n) is 8.63. The van der Waals surface area contributed by atoms with Crippen molar-refractivity contribution in [3.8, 4) is 0 Å². The number of carbonyl (C=O) groups is 2. The predicted molar refractivity (Wildman–Crippen MR) is 121 cm³/mol. The normalized spacial score (nSPS) is 18.4. The van der Waals surface area contributed by atoms with E-state index in [1.54, 1.807) is 16.8 Å². The summed E-state index contributed by atoms with van der Waals surface area (Å²) in [5.74, 6) is 0.717. The molecule has 9 nitrogen and oxygen atoms in total. The summed E-state index contributed by atoms with van der Waals surface area (Å²) >= 11 is 0. The van der Waals surface area contributed by atoms with Crippen LogP contribution in [-0.4, -0.2) is 37.4 Å². The van der Waals surface area contributed by atoms with Gasteiger partial charge in [-0.1, -0.05) is 44.2 Å². The first-order chi connectivity index (χ1) is 15.5. The summed E-state index contributed by atoms with van der Waals surface area (Å²) in [5, 5.41) is 13.7. The molecular weight excluding hydrogens is 406 g/mol. The third kappa shape index (κ3) is 4.05. The highest BCUT2D eigenvalue weighted by molar-refractivity contribution is 6.15. The number of nitrogens with one attached hydrogen (secondary N) is 3. The first-order valence-electron chi connectivity index (χ1n) is 10.9. The van der Waals surface area contributed by atoms with Gasteiger partial charge in [-0.3, -0.25) is 14.9 Å². The van der Waals surface area contributed by atoms with Crippen molar-refractivity contribution in [2.75, 3.05) is 10.6 Å². The van der Waals surface area contributed by atoms with Crippen LogP contribution in [0.5, 0.6) is 0 Å². The van der Waals surface area contributed by atoms with Gasteiger partial charge < -0.3 is 10.6 Å². The van der Waals surface area contributed by atoms with Crippen LogP contribution in [-0.2, 0) is 9.59 Å². The Balaban J connectivity index is 1.56. The van der Waals surface area contributed by atoms with Crippen LogP contribution in [0.4, 0.5) is 11.9 Å². The second kappa shape index (κ2) is 8.07. The van der Waals surface area contributed by atoms with Crippen LogP contribution in [0.25, 0.3) is 11.7 Å². The zero-order valence-corrected chi connectivity index (χ0v) is 18.0. The van der Waals surface area contributed by atoms with Gasteiger partial charge in [-0.25, -0.2) is 0 Å². The van der Waals surface area contributed by atoms with Gasteiger partial charge >= 0.3 is 0 Å². The summed E-state index contributed by atoms with van der Waals surface area (Å²) < 4.78 is 1.65. The van der Waals surface area contributed by atoms with Crippen molar-refractivity contribution >= 4 is 35.4 Å². The number of aromatic nitrogens is 4. The molecule has 1 aromatic carbocycles. The Hall–Kier alpha value is -3.75. The average Bonchev–Trinajstić information content (AvgIpc) is 3.41. The predicted octanol–water partition coefficient (Wildman–Crippen LogP) is 2.94. The monoisotopic (exact) mass is 431 g/mol. The Labute approximate surface area is 185 Å². The van der Waals surface area contributed by atoms with E-state index >= 15 is 0 Å². The van der Waals surface area contributed by atoms with E-state index in [9.17, 15) is 9.59 Å². The Morgan fingerprint density at radius 1 is 1.16 bits per heavy atom. The molecule has 1 atom stereocenters. The van der Waals surface area contributed by atoms with Crippen molar-refractivity contribution in [2.24, 2.45) is 5.92 Å². The standard InChI is InChI=1S/C23H25N7O2/c1-13(2)19(14-6-4-3-5-7-14)27-22-28-20-16(10-15-11-18(31)26-21(15)32)12-24-30(20)23(29-22)25-17-8-9-17/h3-7,10,12-13,17,19H,8-9,11H2,1-2H3,(H,26,31,32)(H2,25,27,28,29)/b15-10+. The number of amides is 2. The molecule has 3 heterocycles. The van der Waals surface area contributed by atoms with Crippen LogP contribution in [0.2, 0.25) is 0 Å². The molecule has 1 unspecified atom stereocenters. The highest BCUT2D eigenvalue weighted by Crippen LogP contribution is 2.29. The van der Waals surface area contributed by atoms with Gasteiger partial charge in [0.2, 0.25) is 17.8 Å². The molecule has 164 valence electrons. The molecule has 32 heavy (non-hydrogen) atoms. The quantitative estimate of drug-likeness (QED) is 0.389. The molecule has 3 N–H and O–H groups in total. The van der Waals surface area contributed by atoms with Crippen molar-refractivity contribution in [1.82, 2.24) is 24.9 Å². The van der Waals surface area contributed by atoms with E-state index in [2.05, 4.69) is 47.0 Å². The summed E-state index contributed by atoms with van der Waals surface area (Å²) in [6, 6.07) is 10.6. The molecule has 3 aromatic rings. The molecule has 1 aliphatic carbocycles. The molecule has 2 amide bonds. The van der Waals surface area contributed by atoms with E-state index in [0.717, 1.165) is 18.4 Å². The number of hydrogen-bond acceptors (Lipinski definition) is 7. The van der Waals surface area contributed by atoms with Crippen LogP contribution in [0.1, 0.15) is 50.3 Å². The van der Waals surface area contributed by atoms with E-state index in [1.807, 2.05) is 18.2 Å². The molecule has 1 saturated carbocycles. The van der Waals surface area contributed by atoms with E-state index in [0.29, 0.717) is 40.6 Å². The zero-order chi connectivity index (χ0) is 22.2. The third-order valence-corrected chi connectivity index (χ3v) is 5.64. The lowest BCUT2D eigenvalue weighted by Crippen LogP contribution is -2.20. The maximum absolute atomic E-state index is 12.0. The largest absolute Gasteiger partial charge is 0.351 e. The first kappa shape index (κ1) is 20.2. The maximum atomic E-state index is 12.0. The Morgan fingerprint density at radius 2 is 1.94 bits per heavy atom. The molecule has 1 aliphatic heterocycles. The minimum atomic E-state index is -0.373. The minimum absolute atomic E-state index is 0.0235. The number of rotatable bonds is 7. The van der Waals surface area contributed by atoms with Crippen molar-refractivity contribution in [2.45, 2.75) is 45.2 Å². The minimum Gasteiger partial charge on any atom is -0.351 e. The van der Waals surface area contributed by atoms with Gasteiger partial charge in [-0.15, -0.1) is 0 Å². The number of carbonyl (C=O) groups excluding carboxylic acids is 2. The molecule has 0 bridgehead atoms. The highest BCUT2D eigenvalue weighted by atomic mass is 16.2. The van der Waals surface area contributed by atoms with Crippen molar-refractivity contribution < 1.29 is 9.59 Å². The van der Waals surface area contributed by atoms with Crippen LogP contribution in [0.15, 0.2) is 42.1 Å². The van der Waals surface area contributed by atoms with Gasteiger partial charge in [0, 0.05) is 17.2 Å². The molecule has 2 aromatic heterocycles. The number of benzene rings is 1. The van der Waals surface area contributed by atoms with Crippen LogP contribution < -0.4 is 16.0 Å². The molecule has 2 fully saturated rings. The van der Waals surface area contributed by atoms with Gasteiger partial charge in [0.05, 0.1) is 18.7 Å². The van der Waals surface area contributed by atoms with Gasteiger partial charge in [0.25, 0.3) is 5.91 Å². The molecule has 5 rings (SSSR count). The molecule has 1 saturated heterocycles. The van der Waals surface area contributed by atoms with E-state index < -0.39 is 0 Å². The fourth-order valence-corrected chi connectivity index (χ4v) is 3.81. The van der Waals surface area contributed by atoms with E-state index in [-0.39, 0.29) is 24.3 Å². The number of anilines is 2. The smallest absolute Gasteiger partial charge is 0.254 e. The highest BCUT2D eigenvalue weighted by Gasteiger charge is 2.27. The topological polar surface area (TPSA) is 113 Å². The number of imide groups is 1. The first-order valence-corrected chi connectivity index (χ1v) is 10.9. The summed E-state index contributed by atoms with van der Waals surface area (Å²) in [6.45, 7) is 4.30. The summed E-state index contributed by atoms with van der Waals surface area (Å²) in [4.78, 5) is 33.0. The van der Waals surface area contributed by atoms with Gasteiger partial charge in [-0.05, 0) is 30.4 Å². The molecule has 0 spiro atoms. The molecule has 2 aliphatic rings. The Morgan fingerprint density at radius 3 is 2.59 bits per heavy atom. The van der Waals surface area contributed by atoms with E-state index in [4.69, 9.17) is 9.97 Å².